The zero-order valence-corrected chi connectivity index (χ0v) is 11.2. The number of carbonyl (C=O) groups is 1. The van der Waals surface area contributed by atoms with Crippen molar-refractivity contribution >= 4 is 11.7 Å². The molecule has 0 aromatic heterocycles. The van der Waals surface area contributed by atoms with Gasteiger partial charge in [0.2, 0.25) is 0 Å². The van der Waals surface area contributed by atoms with Gasteiger partial charge in [0.1, 0.15) is 11.8 Å². The molecule has 0 heterocycles. The van der Waals surface area contributed by atoms with E-state index in [9.17, 15) is 18.0 Å². The Hall–Kier alpha value is -1.92. The summed E-state index contributed by atoms with van der Waals surface area (Å²) in [4.78, 5) is 11.2. The molecular weight excluding hydrogens is 275 g/mol. The fourth-order valence-corrected chi connectivity index (χ4v) is 1.52. The van der Waals surface area contributed by atoms with Gasteiger partial charge in [-0.2, -0.15) is 13.2 Å². The predicted molar refractivity (Wildman–Crippen MR) is 67.7 cm³/mol. The highest BCUT2D eigenvalue weighted by Gasteiger charge is 2.41. The molecule has 1 N–H and O–H groups in total. The van der Waals surface area contributed by atoms with Gasteiger partial charge in [0.05, 0.1) is 20.1 Å². The Morgan fingerprint density at radius 2 is 1.90 bits per heavy atom. The highest BCUT2D eigenvalue weighted by atomic mass is 19.4. The molecule has 0 amide bonds. The van der Waals surface area contributed by atoms with Crippen LogP contribution in [0.2, 0.25) is 0 Å². The van der Waals surface area contributed by atoms with Crippen LogP contribution in [0.4, 0.5) is 18.9 Å². The van der Waals surface area contributed by atoms with Crippen molar-refractivity contribution in [1.82, 2.24) is 0 Å². The lowest BCUT2D eigenvalue weighted by Crippen LogP contribution is -2.38. The number of nitrogens with one attached hydrogen (secondary N) is 1. The number of halogens is 3. The second kappa shape index (κ2) is 7.02. The van der Waals surface area contributed by atoms with Crippen molar-refractivity contribution in [3.8, 4) is 5.75 Å². The molecule has 1 rings (SSSR count). The van der Waals surface area contributed by atoms with E-state index >= 15 is 0 Å². The summed E-state index contributed by atoms with van der Waals surface area (Å²) < 4.78 is 48.0. The fraction of sp³-hybridized carbons (Fsp3) is 0.462. The Balaban J connectivity index is 2.76. The van der Waals surface area contributed by atoms with Gasteiger partial charge in [-0.15, -0.1) is 0 Å². The molecule has 1 aromatic carbocycles. The highest BCUT2D eigenvalue weighted by molar-refractivity contribution is 5.71. The number of alkyl halides is 3. The molecule has 4 nitrogen and oxygen atoms in total. The van der Waals surface area contributed by atoms with E-state index in [4.69, 9.17) is 4.74 Å². The molecule has 0 radical (unpaired) electrons. The van der Waals surface area contributed by atoms with E-state index in [0.29, 0.717) is 5.75 Å². The minimum atomic E-state index is -4.55. The molecule has 0 bridgehead atoms. The minimum Gasteiger partial charge on any atom is -0.497 e. The van der Waals surface area contributed by atoms with Crippen molar-refractivity contribution in [2.24, 2.45) is 0 Å². The lowest BCUT2D eigenvalue weighted by atomic mass is 10.2. The predicted octanol–water partition coefficient (Wildman–Crippen LogP) is 2.99. The van der Waals surface area contributed by atoms with Gasteiger partial charge in [-0.25, -0.2) is 0 Å². The number of rotatable bonds is 6. The molecule has 0 spiro atoms. The third-order valence-electron chi connectivity index (χ3n) is 2.50. The van der Waals surface area contributed by atoms with E-state index in [1.54, 1.807) is 0 Å². The zero-order valence-electron chi connectivity index (χ0n) is 11.2. The van der Waals surface area contributed by atoms with Crippen LogP contribution in [-0.2, 0) is 9.53 Å². The van der Waals surface area contributed by atoms with Gasteiger partial charge in [-0.1, -0.05) is 0 Å². The maximum absolute atomic E-state index is 12.9. The first-order valence-corrected chi connectivity index (χ1v) is 5.99. The summed E-state index contributed by atoms with van der Waals surface area (Å²) in [5.41, 5.74) is 0.248. The van der Waals surface area contributed by atoms with Crippen molar-refractivity contribution in [3.63, 3.8) is 0 Å². The average molecular weight is 291 g/mol. The van der Waals surface area contributed by atoms with E-state index in [2.05, 4.69) is 10.1 Å². The molecule has 0 saturated heterocycles. The van der Waals surface area contributed by atoms with Gasteiger partial charge in [-0.3, -0.25) is 4.79 Å². The molecule has 20 heavy (non-hydrogen) atoms. The molecule has 1 aromatic rings. The molecule has 0 fully saturated rings. The summed E-state index contributed by atoms with van der Waals surface area (Å²) in [6.07, 6.45) is -5.32. The number of benzene rings is 1. The lowest BCUT2D eigenvalue weighted by molar-refractivity contribution is -0.161. The monoisotopic (exact) mass is 291 g/mol. The first-order chi connectivity index (χ1) is 9.36. The van der Waals surface area contributed by atoms with Crippen molar-refractivity contribution in [1.29, 1.82) is 0 Å². The zero-order chi connectivity index (χ0) is 15.2. The third-order valence-corrected chi connectivity index (χ3v) is 2.50. The minimum absolute atomic E-state index is 0.0476. The first-order valence-electron chi connectivity index (χ1n) is 5.99. The maximum atomic E-state index is 12.9. The highest BCUT2D eigenvalue weighted by Crippen LogP contribution is 2.27. The van der Waals surface area contributed by atoms with Crippen LogP contribution in [0.1, 0.15) is 13.3 Å². The topological polar surface area (TPSA) is 47.6 Å². The van der Waals surface area contributed by atoms with Crippen LogP contribution >= 0.6 is 0 Å². The molecule has 1 unspecified atom stereocenters. The fourth-order valence-electron chi connectivity index (χ4n) is 1.52. The number of ether oxygens (including phenoxy) is 2. The van der Waals surface area contributed by atoms with Gasteiger partial charge in [0.15, 0.2) is 0 Å². The molecular formula is C13H16F3NO3. The SMILES string of the molecule is CCOC(=O)CC(Nc1ccc(OC)cc1)C(F)(F)F. The summed E-state index contributed by atoms with van der Waals surface area (Å²) in [5.74, 6) is -0.361. The molecule has 0 saturated carbocycles. The van der Waals surface area contributed by atoms with E-state index in [-0.39, 0.29) is 12.3 Å². The van der Waals surface area contributed by atoms with Crippen molar-refractivity contribution in [2.75, 3.05) is 19.0 Å². The number of anilines is 1. The first kappa shape index (κ1) is 16.1. The second-order valence-corrected chi connectivity index (χ2v) is 3.98. The van der Waals surface area contributed by atoms with Gasteiger partial charge >= 0.3 is 12.1 Å². The summed E-state index contributed by atoms with van der Waals surface area (Å²) in [5, 5.41) is 2.28. The molecule has 1 atom stereocenters. The maximum Gasteiger partial charge on any atom is 0.409 e. The van der Waals surface area contributed by atoms with Gasteiger partial charge in [-0.05, 0) is 31.2 Å². The van der Waals surface area contributed by atoms with E-state index < -0.39 is 24.6 Å². The van der Waals surface area contributed by atoms with Crippen molar-refractivity contribution in [3.05, 3.63) is 24.3 Å². The third kappa shape index (κ3) is 4.99. The van der Waals surface area contributed by atoms with Crippen LogP contribution in [0.25, 0.3) is 0 Å². The number of esters is 1. The molecule has 0 aliphatic carbocycles. The summed E-state index contributed by atoms with van der Waals surface area (Å²) in [6.45, 7) is 1.59. The van der Waals surface area contributed by atoms with Gasteiger partial charge in [0.25, 0.3) is 0 Å². The van der Waals surface area contributed by atoms with E-state index in [1.807, 2.05) is 0 Å². The standard InChI is InChI=1S/C13H16F3NO3/c1-3-20-12(18)8-11(13(14,15)16)17-9-4-6-10(19-2)7-5-9/h4-7,11,17H,3,8H2,1-2H3. The quantitative estimate of drug-likeness (QED) is 0.819. The van der Waals surface area contributed by atoms with Crippen LogP contribution in [0.3, 0.4) is 0 Å². The Kier molecular flexibility index (Phi) is 5.66. The van der Waals surface area contributed by atoms with Gasteiger partial charge in [0, 0.05) is 5.69 Å². The van der Waals surface area contributed by atoms with Crippen LogP contribution in [0.15, 0.2) is 24.3 Å². The van der Waals surface area contributed by atoms with Crippen LogP contribution in [0, 0.1) is 0 Å². The van der Waals surface area contributed by atoms with Crippen LogP contribution in [0.5, 0.6) is 5.75 Å². The molecule has 0 aliphatic heterocycles. The Bertz CT molecular complexity index is 431. The Morgan fingerprint density at radius 3 is 2.35 bits per heavy atom. The number of carbonyl (C=O) groups excluding carboxylic acids is 1. The largest absolute Gasteiger partial charge is 0.497 e. The number of methoxy groups -OCH3 is 1. The van der Waals surface area contributed by atoms with E-state index in [0.717, 1.165) is 0 Å². The number of hydrogen-bond donors (Lipinski definition) is 1. The smallest absolute Gasteiger partial charge is 0.409 e. The summed E-state index contributed by atoms with van der Waals surface area (Å²) in [6, 6.07) is 3.96. The number of hydrogen-bond acceptors (Lipinski definition) is 4. The lowest BCUT2D eigenvalue weighted by Gasteiger charge is -2.22. The molecule has 7 heteroatoms. The van der Waals surface area contributed by atoms with Crippen molar-refractivity contribution < 1.29 is 27.4 Å². The molecule has 0 aliphatic rings. The van der Waals surface area contributed by atoms with Crippen molar-refractivity contribution in [2.45, 2.75) is 25.6 Å². The van der Waals surface area contributed by atoms with Crippen LogP contribution in [-0.4, -0.2) is 31.9 Å². The van der Waals surface area contributed by atoms with Gasteiger partial charge < -0.3 is 14.8 Å². The second-order valence-electron chi connectivity index (χ2n) is 3.98. The van der Waals surface area contributed by atoms with E-state index in [1.165, 1.54) is 38.3 Å². The van der Waals surface area contributed by atoms with Crippen LogP contribution < -0.4 is 10.1 Å². The summed E-state index contributed by atoms with van der Waals surface area (Å²) >= 11 is 0. The molecule has 112 valence electrons. The Labute approximate surface area is 114 Å². The average Bonchev–Trinajstić information content (AvgIpc) is 2.38. The normalized spacial score (nSPS) is 12.7. The Morgan fingerprint density at radius 1 is 1.30 bits per heavy atom. The summed E-state index contributed by atoms with van der Waals surface area (Å²) in [7, 11) is 1.46.